The Hall–Kier alpha value is -0.00312. The summed E-state index contributed by atoms with van der Waals surface area (Å²) in [6.45, 7) is 9.88. The van der Waals surface area contributed by atoms with Crippen LogP contribution in [0, 0.1) is 0 Å². The second kappa shape index (κ2) is 6.47. The third kappa shape index (κ3) is 8.59. The van der Waals surface area contributed by atoms with Crippen LogP contribution >= 0.6 is 12.0 Å². The highest BCUT2D eigenvalue weighted by molar-refractivity contribution is 7.95. The second-order valence-electron chi connectivity index (χ2n) is 4.07. The molecule has 0 aliphatic heterocycles. The van der Waals surface area contributed by atoms with E-state index >= 15 is 0 Å². The molecule has 0 aliphatic carbocycles. The molecule has 5 heteroatoms. The van der Waals surface area contributed by atoms with E-state index in [1.54, 1.807) is 0 Å². The maximum Gasteiger partial charge on any atom is 0.314 e. The highest BCUT2D eigenvalue weighted by Crippen LogP contribution is 2.17. The van der Waals surface area contributed by atoms with Gasteiger partial charge < -0.3 is 8.61 Å². The molecule has 0 aromatic carbocycles. The van der Waals surface area contributed by atoms with E-state index in [1.165, 1.54) is 19.0 Å². The highest BCUT2D eigenvalue weighted by Gasteiger charge is 2.23. The number of carbonyl (C=O) groups excluding carboxylic acids is 1. The lowest BCUT2D eigenvalue weighted by Gasteiger charge is -2.24. The summed E-state index contributed by atoms with van der Waals surface area (Å²) in [5.74, 6) is 0.588. The topological polar surface area (TPSA) is 35.5 Å². The SMILES string of the molecule is CC(=O)OSCC[Si](C)(C)OC(C)C. The minimum atomic E-state index is -1.55. The van der Waals surface area contributed by atoms with E-state index in [9.17, 15) is 4.79 Å². The van der Waals surface area contributed by atoms with Crippen molar-refractivity contribution in [3.05, 3.63) is 0 Å². The van der Waals surface area contributed by atoms with Crippen molar-refractivity contribution in [2.45, 2.75) is 46.0 Å². The zero-order valence-corrected chi connectivity index (χ0v) is 11.4. The molecular formula is C9H20O3SSi. The van der Waals surface area contributed by atoms with E-state index in [0.717, 1.165) is 11.8 Å². The molecule has 0 aromatic rings. The summed E-state index contributed by atoms with van der Waals surface area (Å²) in [4.78, 5) is 10.5. The van der Waals surface area contributed by atoms with Crippen LogP contribution in [0.2, 0.25) is 19.1 Å². The molecule has 14 heavy (non-hydrogen) atoms. The van der Waals surface area contributed by atoms with Crippen LogP contribution in [-0.4, -0.2) is 26.1 Å². The molecule has 0 aromatic heterocycles. The van der Waals surface area contributed by atoms with Gasteiger partial charge in [0.25, 0.3) is 0 Å². The smallest absolute Gasteiger partial charge is 0.314 e. The quantitative estimate of drug-likeness (QED) is 0.403. The first-order chi connectivity index (χ1) is 6.33. The van der Waals surface area contributed by atoms with Gasteiger partial charge in [-0.3, -0.25) is 4.79 Å². The summed E-state index contributed by atoms with van der Waals surface area (Å²) in [5, 5.41) is 0. The van der Waals surface area contributed by atoms with Gasteiger partial charge in [0.15, 0.2) is 8.32 Å². The Kier molecular flexibility index (Phi) is 6.47. The van der Waals surface area contributed by atoms with E-state index in [-0.39, 0.29) is 12.1 Å². The van der Waals surface area contributed by atoms with E-state index in [4.69, 9.17) is 8.61 Å². The predicted molar refractivity (Wildman–Crippen MR) is 62.7 cm³/mol. The van der Waals surface area contributed by atoms with Crippen LogP contribution in [0.1, 0.15) is 20.8 Å². The Morgan fingerprint density at radius 2 is 2.00 bits per heavy atom. The first-order valence-corrected chi connectivity index (χ1v) is 8.84. The zero-order valence-electron chi connectivity index (χ0n) is 9.62. The lowest BCUT2D eigenvalue weighted by atomic mass is 10.5. The summed E-state index contributed by atoms with van der Waals surface area (Å²) in [7, 11) is -1.55. The average Bonchev–Trinajstić information content (AvgIpc) is 1.95. The number of carbonyl (C=O) groups is 1. The molecule has 0 N–H and O–H groups in total. The van der Waals surface area contributed by atoms with Crippen molar-refractivity contribution in [2.24, 2.45) is 0 Å². The average molecular weight is 236 g/mol. The predicted octanol–water partition coefficient (Wildman–Crippen LogP) is 2.83. The molecule has 0 aliphatic rings. The van der Waals surface area contributed by atoms with Gasteiger partial charge in [0.05, 0.1) is 12.0 Å². The zero-order chi connectivity index (χ0) is 11.2. The number of hydrogen-bond donors (Lipinski definition) is 0. The summed E-state index contributed by atoms with van der Waals surface area (Å²) in [6.07, 6.45) is 0.287. The third-order valence-corrected chi connectivity index (χ3v) is 5.17. The molecule has 0 atom stereocenters. The van der Waals surface area contributed by atoms with Crippen molar-refractivity contribution >= 4 is 26.3 Å². The fourth-order valence-electron chi connectivity index (χ4n) is 1.11. The second-order valence-corrected chi connectivity index (χ2v) is 9.14. The van der Waals surface area contributed by atoms with Gasteiger partial charge in [0, 0.05) is 18.8 Å². The summed E-state index contributed by atoms with van der Waals surface area (Å²) in [5.41, 5.74) is 0. The van der Waals surface area contributed by atoms with Crippen LogP contribution in [0.5, 0.6) is 0 Å². The van der Waals surface area contributed by atoms with Crippen LogP contribution in [0.3, 0.4) is 0 Å². The molecule has 0 saturated heterocycles. The van der Waals surface area contributed by atoms with Crippen LogP contribution in [0.25, 0.3) is 0 Å². The van der Waals surface area contributed by atoms with Crippen molar-refractivity contribution in [3.8, 4) is 0 Å². The van der Waals surface area contributed by atoms with Gasteiger partial charge >= 0.3 is 5.97 Å². The van der Waals surface area contributed by atoms with Crippen molar-refractivity contribution in [3.63, 3.8) is 0 Å². The first-order valence-electron chi connectivity index (χ1n) is 4.81. The summed E-state index contributed by atoms with van der Waals surface area (Å²) < 4.78 is 10.6. The normalized spacial score (nSPS) is 11.9. The number of rotatable bonds is 6. The fourth-order valence-corrected chi connectivity index (χ4v) is 5.05. The summed E-state index contributed by atoms with van der Waals surface area (Å²) in [6, 6.07) is 1.00. The van der Waals surface area contributed by atoms with Crippen molar-refractivity contribution in [1.82, 2.24) is 0 Å². The Balaban J connectivity index is 3.60. The number of hydrogen-bond acceptors (Lipinski definition) is 4. The van der Waals surface area contributed by atoms with E-state index in [0.29, 0.717) is 0 Å². The maximum atomic E-state index is 10.5. The summed E-state index contributed by atoms with van der Waals surface area (Å²) >= 11 is 1.22. The van der Waals surface area contributed by atoms with Gasteiger partial charge in [-0.1, -0.05) is 0 Å². The lowest BCUT2D eigenvalue weighted by molar-refractivity contribution is -0.130. The lowest BCUT2D eigenvalue weighted by Crippen LogP contribution is -2.33. The molecule has 0 bridgehead atoms. The van der Waals surface area contributed by atoms with Crippen LogP contribution in [-0.2, 0) is 13.4 Å². The Bertz CT molecular complexity index is 183. The van der Waals surface area contributed by atoms with Crippen LogP contribution < -0.4 is 0 Å². The first kappa shape index (κ1) is 14.0. The van der Waals surface area contributed by atoms with Crippen molar-refractivity contribution < 1.29 is 13.4 Å². The van der Waals surface area contributed by atoms with Crippen LogP contribution in [0.15, 0.2) is 0 Å². The molecule has 0 heterocycles. The molecule has 3 nitrogen and oxygen atoms in total. The fraction of sp³-hybridized carbons (Fsp3) is 0.889. The molecule has 0 spiro atoms. The van der Waals surface area contributed by atoms with Gasteiger partial charge in [0.2, 0.25) is 0 Å². The van der Waals surface area contributed by atoms with Gasteiger partial charge in [0.1, 0.15) is 0 Å². The monoisotopic (exact) mass is 236 g/mol. The van der Waals surface area contributed by atoms with E-state index in [2.05, 4.69) is 13.1 Å². The standard InChI is InChI=1S/C9H20O3SSi/c1-8(2)12-14(4,5)7-6-13-11-9(3)10/h8H,6-7H2,1-5H3. The largest absolute Gasteiger partial charge is 0.415 e. The Morgan fingerprint density at radius 3 is 2.43 bits per heavy atom. The van der Waals surface area contributed by atoms with Gasteiger partial charge in [-0.25, -0.2) is 0 Å². The van der Waals surface area contributed by atoms with E-state index in [1.807, 2.05) is 13.8 Å². The van der Waals surface area contributed by atoms with Gasteiger partial charge in [-0.15, -0.1) is 0 Å². The molecule has 84 valence electrons. The van der Waals surface area contributed by atoms with Gasteiger partial charge in [-0.05, 0) is 33.0 Å². The maximum absolute atomic E-state index is 10.5. The van der Waals surface area contributed by atoms with Crippen LogP contribution in [0.4, 0.5) is 0 Å². The van der Waals surface area contributed by atoms with Crippen molar-refractivity contribution in [1.29, 1.82) is 0 Å². The Labute approximate surface area is 91.9 Å². The molecular weight excluding hydrogens is 216 g/mol. The molecule has 0 amide bonds. The minimum absolute atomic E-state index is 0.237. The molecule has 0 fully saturated rings. The molecule has 0 saturated carbocycles. The minimum Gasteiger partial charge on any atom is -0.415 e. The highest BCUT2D eigenvalue weighted by atomic mass is 32.2. The van der Waals surface area contributed by atoms with Gasteiger partial charge in [-0.2, -0.15) is 0 Å². The van der Waals surface area contributed by atoms with Crippen molar-refractivity contribution in [2.75, 3.05) is 5.75 Å². The Morgan fingerprint density at radius 1 is 1.43 bits per heavy atom. The molecule has 0 unspecified atom stereocenters. The molecule has 0 radical (unpaired) electrons. The third-order valence-electron chi connectivity index (χ3n) is 1.52. The molecule has 0 rings (SSSR count). The van der Waals surface area contributed by atoms with E-state index < -0.39 is 8.32 Å².